The number of carbonyl (C=O) groups excluding carboxylic acids is 1. The van der Waals surface area contributed by atoms with Gasteiger partial charge in [0, 0.05) is 6.54 Å². The molecule has 1 amide bonds. The Bertz CT molecular complexity index is 796. The molecule has 0 bridgehead atoms. The number of hydrogen-bond donors (Lipinski definition) is 5. The Kier molecular flexibility index (Phi) is 31.7. The average Bonchev–Trinajstić information content (AvgIpc) is 3.03. The molecule has 0 aliphatic carbocycles. The Hall–Kier alpha value is -1.06. The molecule has 0 aromatic heterocycles. The largest absolute Gasteiger partial charge is 0.472 e. The van der Waals surface area contributed by atoms with Crippen molar-refractivity contribution in [3.8, 4) is 0 Å². The zero-order chi connectivity index (χ0) is 34.1. The zero-order valence-electron chi connectivity index (χ0n) is 29.4. The summed E-state index contributed by atoms with van der Waals surface area (Å²) in [7, 11) is -4.39. The minimum absolute atomic E-state index is 0.0484. The van der Waals surface area contributed by atoms with Crippen molar-refractivity contribution < 1.29 is 33.5 Å². The number of carbonyl (C=O) groups is 1. The van der Waals surface area contributed by atoms with Gasteiger partial charge in [-0.25, -0.2) is 4.57 Å². The third-order valence-corrected chi connectivity index (χ3v) is 9.06. The molecule has 272 valence electrons. The van der Waals surface area contributed by atoms with E-state index in [0.29, 0.717) is 6.42 Å². The summed E-state index contributed by atoms with van der Waals surface area (Å²) < 4.78 is 21.9. The first-order chi connectivity index (χ1) is 22.3. The summed E-state index contributed by atoms with van der Waals surface area (Å²) in [5.74, 6) is -0.454. The van der Waals surface area contributed by atoms with Crippen molar-refractivity contribution in [3.63, 3.8) is 0 Å². The maximum atomic E-state index is 12.7. The quantitative estimate of drug-likeness (QED) is 0.0259. The molecule has 4 atom stereocenters. The second-order valence-corrected chi connectivity index (χ2v) is 14.1. The first kappa shape index (κ1) is 44.9. The number of aliphatic hydroxyl groups is 2. The predicted octanol–water partition coefficient (Wildman–Crippen LogP) is 8.41. The van der Waals surface area contributed by atoms with Crippen LogP contribution in [0.2, 0.25) is 0 Å². The van der Waals surface area contributed by atoms with Gasteiger partial charge in [0.25, 0.3) is 0 Å². The lowest BCUT2D eigenvalue weighted by Crippen LogP contribution is -2.46. The molecule has 0 spiro atoms. The first-order valence-electron chi connectivity index (χ1n) is 18.5. The lowest BCUT2D eigenvalue weighted by molar-refractivity contribution is -0.124. The van der Waals surface area contributed by atoms with Gasteiger partial charge in [-0.3, -0.25) is 13.8 Å². The second-order valence-electron chi connectivity index (χ2n) is 12.6. The predicted molar refractivity (Wildman–Crippen MR) is 191 cm³/mol. The summed E-state index contributed by atoms with van der Waals surface area (Å²) in [5.41, 5.74) is 5.33. The van der Waals surface area contributed by atoms with Crippen LogP contribution in [-0.4, -0.2) is 59.0 Å². The highest BCUT2D eigenvalue weighted by Crippen LogP contribution is 2.43. The summed E-state index contributed by atoms with van der Waals surface area (Å²) in [5, 5.41) is 23.9. The van der Waals surface area contributed by atoms with E-state index < -0.39 is 38.6 Å². The van der Waals surface area contributed by atoms with Gasteiger partial charge >= 0.3 is 7.82 Å². The number of allylic oxidation sites excluding steroid dienone is 3. The van der Waals surface area contributed by atoms with Crippen molar-refractivity contribution in [1.29, 1.82) is 0 Å². The fourth-order valence-corrected chi connectivity index (χ4v) is 5.99. The molecule has 0 heterocycles. The number of nitrogens with one attached hydrogen (secondary N) is 1. The molecular weight excluding hydrogens is 603 g/mol. The molecule has 0 aliphatic heterocycles. The van der Waals surface area contributed by atoms with Gasteiger partial charge in [0.1, 0.15) is 0 Å². The first-order valence-corrected chi connectivity index (χ1v) is 20.0. The molecular formula is C36H71N2O7P. The lowest BCUT2D eigenvalue weighted by Gasteiger charge is -2.24. The Morgan fingerprint density at radius 3 is 1.76 bits per heavy atom. The highest BCUT2D eigenvalue weighted by atomic mass is 31.2. The fourth-order valence-electron chi connectivity index (χ4n) is 5.23. The number of unbranched alkanes of at least 4 members (excludes halogenated alkanes) is 18. The minimum atomic E-state index is -4.39. The van der Waals surface area contributed by atoms with Gasteiger partial charge in [0.15, 0.2) is 0 Å². The van der Waals surface area contributed by atoms with Gasteiger partial charge < -0.3 is 26.2 Å². The summed E-state index contributed by atoms with van der Waals surface area (Å²) in [6, 6.07) is -0.980. The van der Waals surface area contributed by atoms with Crippen LogP contribution < -0.4 is 11.1 Å². The van der Waals surface area contributed by atoms with Gasteiger partial charge in [0.2, 0.25) is 5.91 Å². The molecule has 0 aromatic rings. The number of rotatable bonds is 34. The van der Waals surface area contributed by atoms with Crippen LogP contribution >= 0.6 is 7.82 Å². The highest BCUT2D eigenvalue weighted by Gasteiger charge is 2.27. The molecule has 0 fully saturated rings. The van der Waals surface area contributed by atoms with E-state index in [9.17, 15) is 24.5 Å². The van der Waals surface area contributed by atoms with Crippen molar-refractivity contribution >= 4 is 13.7 Å². The van der Waals surface area contributed by atoms with E-state index in [1.54, 1.807) is 6.08 Å². The van der Waals surface area contributed by atoms with Crippen LogP contribution in [0.5, 0.6) is 0 Å². The maximum absolute atomic E-state index is 12.7. The number of phosphoric ester groups is 1. The van der Waals surface area contributed by atoms with Gasteiger partial charge in [-0.2, -0.15) is 0 Å². The number of nitrogens with two attached hydrogens (primary N) is 1. The van der Waals surface area contributed by atoms with E-state index in [4.69, 9.17) is 14.8 Å². The Balaban J connectivity index is 4.46. The molecule has 46 heavy (non-hydrogen) atoms. The van der Waals surface area contributed by atoms with Crippen LogP contribution in [0, 0.1) is 0 Å². The molecule has 10 heteroatoms. The summed E-state index contributed by atoms with van der Waals surface area (Å²) in [6.07, 6.45) is 31.2. The monoisotopic (exact) mass is 674 g/mol. The van der Waals surface area contributed by atoms with Crippen molar-refractivity contribution in [1.82, 2.24) is 5.32 Å². The van der Waals surface area contributed by atoms with E-state index in [-0.39, 0.29) is 19.6 Å². The number of hydrogen-bond acceptors (Lipinski definition) is 7. The van der Waals surface area contributed by atoms with E-state index in [1.807, 2.05) is 6.08 Å². The summed E-state index contributed by atoms with van der Waals surface area (Å²) in [6.45, 7) is 3.91. The molecule has 4 unspecified atom stereocenters. The number of phosphoric acid groups is 1. The van der Waals surface area contributed by atoms with E-state index in [2.05, 4.69) is 31.3 Å². The topological polar surface area (TPSA) is 151 Å². The summed E-state index contributed by atoms with van der Waals surface area (Å²) >= 11 is 0. The normalized spacial score (nSPS) is 15.3. The van der Waals surface area contributed by atoms with Gasteiger partial charge in [-0.1, -0.05) is 134 Å². The Labute approximate surface area is 281 Å². The van der Waals surface area contributed by atoms with Crippen LogP contribution in [0.4, 0.5) is 0 Å². The molecule has 0 radical (unpaired) electrons. The van der Waals surface area contributed by atoms with Crippen LogP contribution in [0.1, 0.15) is 162 Å². The number of aliphatic hydroxyl groups excluding tert-OH is 2. The van der Waals surface area contributed by atoms with E-state index in [1.165, 1.54) is 83.5 Å². The second kappa shape index (κ2) is 32.5. The third kappa shape index (κ3) is 30.3. The molecule has 0 saturated carbocycles. The standard InChI is InChI=1S/C36H71N2O7P/c1-3-5-7-9-11-13-15-16-18-19-21-23-25-27-33(39)31-36(41)38-34(32-45-46(42,43)44-30-29-37)35(40)28-26-24-22-20-17-14-12-10-8-6-4-2/h13,15,26,28,33-35,39-40H,3-12,14,16-25,27,29-32,37H2,1-2H3,(H,38,41)(H,42,43)/b15-13-,28-26+. The number of amides is 1. The van der Waals surface area contributed by atoms with Crippen molar-refractivity contribution in [2.24, 2.45) is 5.73 Å². The summed E-state index contributed by atoms with van der Waals surface area (Å²) in [4.78, 5) is 22.6. The Morgan fingerprint density at radius 1 is 0.739 bits per heavy atom. The van der Waals surface area contributed by atoms with Crippen molar-refractivity contribution in [2.75, 3.05) is 19.8 Å². The molecule has 9 nitrogen and oxygen atoms in total. The zero-order valence-corrected chi connectivity index (χ0v) is 30.3. The van der Waals surface area contributed by atoms with Crippen LogP contribution in [-0.2, 0) is 18.4 Å². The van der Waals surface area contributed by atoms with E-state index >= 15 is 0 Å². The van der Waals surface area contributed by atoms with Gasteiger partial charge in [-0.05, 0) is 44.9 Å². The van der Waals surface area contributed by atoms with Gasteiger partial charge in [-0.15, -0.1) is 0 Å². The minimum Gasteiger partial charge on any atom is -0.393 e. The lowest BCUT2D eigenvalue weighted by atomic mass is 10.0. The van der Waals surface area contributed by atoms with Gasteiger partial charge in [0.05, 0.1) is 37.9 Å². The third-order valence-electron chi connectivity index (χ3n) is 8.08. The van der Waals surface area contributed by atoms with Crippen molar-refractivity contribution in [2.45, 2.75) is 180 Å². The van der Waals surface area contributed by atoms with Crippen molar-refractivity contribution in [3.05, 3.63) is 24.3 Å². The maximum Gasteiger partial charge on any atom is 0.472 e. The molecule has 6 N–H and O–H groups in total. The SMILES string of the molecule is CCCCCC/C=C\CCCCCCCC(O)CC(=O)NC(COP(=O)(O)OCCN)C(O)/C=C/CCCCCCCCCCC. The molecule has 0 rings (SSSR count). The molecule has 0 aromatic carbocycles. The Morgan fingerprint density at radius 2 is 1.22 bits per heavy atom. The van der Waals surface area contributed by atoms with Crippen LogP contribution in [0.3, 0.4) is 0 Å². The average molecular weight is 675 g/mol. The smallest absolute Gasteiger partial charge is 0.393 e. The fraction of sp³-hybridized carbons (Fsp3) is 0.861. The molecule has 0 saturated heterocycles. The molecule has 0 aliphatic rings. The van der Waals surface area contributed by atoms with Crippen LogP contribution in [0.15, 0.2) is 24.3 Å². The highest BCUT2D eigenvalue weighted by molar-refractivity contribution is 7.47. The van der Waals surface area contributed by atoms with Crippen LogP contribution in [0.25, 0.3) is 0 Å². The van der Waals surface area contributed by atoms with E-state index in [0.717, 1.165) is 51.4 Å².